The summed E-state index contributed by atoms with van der Waals surface area (Å²) in [5, 5.41) is 20.5. The third kappa shape index (κ3) is 3.16. The van der Waals surface area contributed by atoms with Crippen LogP contribution in [-0.2, 0) is 4.74 Å². The Labute approximate surface area is 126 Å². The fourth-order valence-corrected chi connectivity index (χ4v) is 3.52. The molecule has 2 aliphatic rings. The Balaban J connectivity index is 2.02. The van der Waals surface area contributed by atoms with E-state index in [1.54, 1.807) is 4.90 Å². The molecule has 0 bridgehead atoms. The van der Waals surface area contributed by atoms with Gasteiger partial charge in [-0.1, -0.05) is 12.8 Å². The monoisotopic (exact) mass is 294 g/mol. The Morgan fingerprint density at radius 1 is 1.19 bits per heavy atom. The van der Waals surface area contributed by atoms with Crippen LogP contribution in [0.5, 0.6) is 0 Å². The molecule has 1 saturated carbocycles. The minimum Gasteiger partial charge on any atom is -0.444 e. The molecule has 1 aliphatic carbocycles. The van der Waals surface area contributed by atoms with Crippen molar-refractivity contribution in [1.82, 2.24) is 4.90 Å². The van der Waals surface area contributed by atoms with Gasteiger partial charge in [-0.05, 0) is 46.5 Å². The van der Waals surface area contributed by atoms with Gasteiger partial charge in [0, 0.05) is 13.1 Å². The van der Waals surface area contributed by atoms with Crippen LogP contribution in [0.3, 0.4) is 0 Å². The molecule has 0 spiro atoms. The fraction of sp³-hybridized carbons (Fsp3) is 0.875. The second kappa shape index (κ2) is 5.49. The Hall–Kier alpha value is -1.28. The summed E-state index contributed by atoms with van der Waals surface area (Å²) in [5.74, 6) is 0. The average Bonchev–Trinajstić information content (AvgIpc) is 2.85. The zero-order valence-corrected chi connectivity index (χ0v) is 13.3. The Morgan fingerprint density at radius 2 is 1.71 bits per heavy atom. The number of hydrogen-bond donors (Lipinski definition) is 1. The minimum atomic E-state index is -0.873. The van der Waals surface area contributed by atoms with E-state index in [0.717, 1.165) is 12.8 Å². The fourth-order valence-electron chi connectivity index (χ4n) is 3.52. The maximum absolute atomic E-state index is 12.1. The van der Waals surface area contributed by atoms with Crippen LogP contribution in [0.15, 0.2) is 0 Å². The number of carbonyl (C=O) groups is 1. The van der Waals surface area contributed by atoms with Gasteiger partial charge in [-0.15, -0.1) is 0 Å². The third-order valence-corrected chi connectivity index (χ3v) is 4.80. The maximum Gasteiger partial charge on any atom is 0.410 e. The highest BCUT2D eigenvalue weighted by Crippen LogP contribution is 2.49. The molecular weight excluding hydrogens is 268 g/mol. The summed E-state index contributed by atoms with van der Waals surface area (Å²) < 4.78 is 5.37. The van der Waals surface area contributed by atoms with E-state index < -0.39 is 16.6 Å². The van der Waals surface area contributed by atoms with E-state index in [1.807, 2.05) is 20.8 Å². The number of piperidine rings is 1. The number of ether oxygens (including phenoxy) is 1. The second-order valence-electron chi connectivity index (χ2n) is 7.40. The highest BCUT2D eigenvalue weighted by molar-refractivity contribution is 5.68. The first kappa shape index (κ1) is 16.1. The lowest BCUT2D eigenvalue weighted by Crippen LogP contribution is -2.53. The van der Waals surface area contributed by atoms with Gasteiger partial charge in [-0.25, -0.2) is 4.79 Å². The second-order valence-corrected chi connectivity index (χ2v) is 7.40. The van der Waals surface area contributed by atoms with Crippen molar-refractivity contribution in [1.29, 1.82) is 5.26 Å². The standard InChI is InChI=1S/C16H26N2O3/c1-14(2,3)21-13(19)18-10-8-15(12-17,9-11-18)16(20)6-4-5-7-16/h20H,4-11H2,1-3H3. The number of nitriles is 1. The molecule has 0 aromatic heterocycles. The van der Waals surface area contributed by atoms with Crippen molar-refractivity contribution in [2.75, 3.05) is 13.1 Å². The SMILES string of the molecule is CC(C)(C)OC(=O)N1CCC(C#N)(C2(O)CCCC2)CC1. The first-order chi connectivity index (χ1) is 9.71. The smallest absolute Gasteiger partial charge is 0.410 e. The van der Waals surface area contributed by atoms with Gasteiger partial charge in [0.15, 0.2) is 0 Å². The molecule has 0 unspecified atom stereocenters. The lowest BCUT2D eigenvalue weighted by Gasteiger charge is -2.45. The van der Waals surface area contributed by atoms with E-state index in [1.165, 1.54) is 0 Å². The van der Waals surface area contributed by atoms with Crippen molar-refractivity contribution in [3.05, 3.63) is 0 Å². The highest BCUT2D eigenvalue weighted by atomic mass is 16.6. The minimum absolute atomic E-state index is 0.326. The molecule has 5 heteroatoms. The first-order valence-corrected chi connectivity index (χ1v) is 7.83. The summed E-state index contributed by atoms with van der Waals surface area (Å²) in [5.41, 5.74) is -2.09. The van der Waals surface area contributed by atoms with E-state index in [4.69, 9.17) is 4.74 Å². The molecule has 2 fully saturated rings. The molecule has 1 N–H and O–H groups in total. The quantitative estimate of drug-likeness (QED) is 0.807. The number of aliphatic hydroxyl groups is 1. The van der Waals surface area contributed by atoms with Crippen molar-refractivity contribution in [3.63, 3.8) is 0 Å². The predicted octanol–water partition coefficient (Wildman–Crippen LogP) is 2.83. The van der Waals surface area contributed by atoms with Gasteiger partial charge in [0.2, 0.25) is 0 Å². The zero-order valence-electron chi connectivity index (χ0n) is 13.3. The molecule has 118 valence electrons. The number of carbonyl (C=O) groups excluding carboxylic acids is 1. The van der Waals surface area contributed by atoms with Crippen LogP contribution in [0.25, 0.3) is 0 Å². The lowest BCUT2D eigenvalue weighted by molar-refractivity contribution is -0.0784. The largest absolute Gasteiger partial charge is 0.444 e. The molecule has 0 radical (unpaired) electrons. The van der Waals surface area contributed by atoms with E-state index in [-0.39, 0.29) is 6.09 Å². The summed E-state index contributed by atoms with van der Waals surface area (Å²) >= 11 is 0. The predicted molar refractivity (Wildman–Crippen MR) is 78.5 cm³/mol. The van der Waals surface area contributed by atoms with Crippen molar-refractivity contribution < 1.29 is 14.6 Å². The van der Waals surface area contributed by atoms with E-state index in [9.17, 15) is 15.2 Å². The molecule has 0 aromatic carbocycles. The van der Waals surface area contributed by atoms with Crippen LogP contribution in [-0.4, -0.2) is 40.4 Å². The normalized spacial score (nSPS) is 24.4. The topological polar surface area (TPSA) is 73.6 Å². The molecular formula is C16H26N2O3. The van der Waals surface area contributed by atoms with Gasteiger partial charge < -0.3 is 14.7 Å². The van der Waals surface area contributed by atoms with Crippen molar-refractivity contribution >= 4 is 6.09 Å². The summed E-state index contributed by atoms with van der Waals surface area (Å²) in [6.45, 7) is 6.48. The molecule has 5 nitrogen and oxygen atoms in total. The molecule has 21 heavy (non-hydrogen) atoms. The lowest BCUT2D eigenvalue weighted by atomic mass is 9.66. The molecule has 0 aromatic rings. The van der Waals surface area contributed by atoms with Crippen molar-refractivity contribution in [2.45, 2.75) is 70.5 Å². The molecule has 1 saturated heterocycles. The Morgan fingerprint density at radius 3 is 2.14 bits per heavy atom. The van der Waals surface area contributed by atoms with Gasteiger partial charge >= 0.3 is 6.09 Å². The number of nitrogens with zero attached hydrogens (tertiary/aromatic N) is 2. The van der Waals surface area contributed by atoms with Crippen LogP contribution in [0.2, 0.25) is 0 Å². The molecule has 1 aliphatic heterocycles. The van der Waals surface area contributed by atoms with Crippen molar-refractivity contribution in [2.24, 2.45) is 5.41 Å². The third-order valence-electron chi connectivity index (χ3n) is 4.80. The molecule has 2 rings (SSSR count). The van der Waals surface area contributed by atoms with Gasteiger partial charge in [-0.3, -0.25) is 0 Å². The molecule has 1 amide bonds. The molecule has 0 atom stereocenters. The molecule has 1 heterocycles. The number of hydrogen-bond acceptors (Lipinski definition) is 4. The van der Waals surface area contributed by atoms with Gasteiger partial charge in [0.05, 0.1) is 17.1 Å². The highest BCUT2D eigenvalue weighted by Gasteiger charge is 2.53. The van der Waals surface area contributed by atoms with Gasteiger partial charge in [-0.2, -0.15) is 5.26 Å². The van der Waals surface area contributed by atoms with Crippen LogP contribution >= 0.6 is 0 Å². The maximum atomic E-state index is 12.1. The van der Waals surface area contributed by atoms with Crippen LogP contribution in [0.4, 0.5) is 4.79 Å². The van der Waals surface area contributed by atoms with E-state index in [2.05, 4.69) is 6.07 Å². The van der Waals surface area contributed by atoms with Gasteiger partial charge in [0.25, 0.3) is 0 Å². The summed E-state index contributed by atoms with van der Waals surface area (Å²) in [4.78, 5) is 13.7. The Bertz CT molecular complexity index is 433. The van der Waals surface area contributed by atoms with Crippen LogP contribution in [0, 0.1) is 16.7 Å². The van der Waals surface area contributed by atoms with E-state index in [0.29, 0.717) is 38.8 Å². The van der Waals surface area contributed by atoms with Crippen molar-refractivity contribution in [3.8, 4) is 6.07 Å². The summed E-state index contributed by atoms with van der Waals surface area (Å²) in [7, 11) is 0. The van der Waals surface area contributed by atoms with Crippen LogP contribution in [0.1, 0.15) is 59.3 Å². The van der Waals surface area contributed by atoms with Crippen LogP contribution < -0.4 is 0 Å². The average molecular weight is 294 g/mol. The number of amides is 1. The number of rotatable bonds is 1. The Kier molecular flexibility index (Phi) is 4.21. The summed E-state index contributed by atoms with van der Waals surface area (Å²) in [6.07, 6.45) is 4.09. The van der Waals surface area contributed by atoms with E-state index >= 15 is 0 Å². The number of likely N-dealkylation sites (tertiary alicyclic amines) is 1. The zero-order chi connectivity index (χ0) is 15.7. The first-order valence-electron chi connectivity index (χ1n) is 7.83. The van der Waals surface area contributed by atoms with Gasteiger partial charge in [0.1, 0.15) is 5.60 Å². The summed E-state index contributed by atoms with van der Waals surface area (Å²) in [6, 6.07) is 2.38.